The molecule has 0 aromatic heterocycles. The zero-order chi connectivity index (χ0) is 14.2. The van der Waals surface area contributed by atoms with Crippen LogP contribution in [-0.4, -0.2) is 76.0 Å². The molecule has 2 atom stereocenters. The molecule has 0 fully saturated rings. The van der Waals surface area contributed by atoms with Crippen LogP contribution in [0.1, 0.15) is 13.8 Å². The first-order chi connectivity index (χ1) is 8.62. The minimum absolute atomic E-state index is 0.105. The molecule has 0 heterocycles. The van der Waals surface area contributed by atoms with Gasteiger partial charge in [-0.25, -0.2) is 0 Å². The molecule has 6 nitrogen and oxygen atoms in total. The first kappa shape index (κ1) is 20.1. The number of aliphatic hydroxyl groups is 2. The Morgan fingerprint density at radius 2 is 1.17 bits per heavy atom. The van der Waals surface area contributed by atoms with E-state index in [0.29, 0.717) is 13.2 Å². The van der Waals surface area contributed by atoms with Crippen LogP contribution in [0.2, 0.25) is 0 Å². The maximum atomic E-state index is 8.34. The fourth-order valence-corrected chi connectivity index (χ4v) is 1.20. The Hall–Kier alpha value is -0.240. The van der Waals surface area contributed by atoms with Crippen molar-refractivity contribution in [3.63, 3.8) is 0 Å². The number of ether oxygens (including phenoxy) is 2. The second kappa shape index (κ2) is 16.8. The van der Waals surface area contributed by atoms with Crippen LogP contribution in [-0.2, 0) is 9.47 Å². The van der Waals surface area contributed by atoms with Gasteiger partial charge in [0.05, 0.1) is 38.6 Å². The zero-order valence-electron chi connectivity index (χ0n) is 12.1. The van der Waals surface area contributed by atoms with Gasteiger partial charge in [-0.2, -0.15) is 0 Å². The van der Waals surface area contributed by atoms with E-state index in [9.17, 15) is 0 Å². The molecule has 0 saturated heterocycles. The quantitative estimate of drug-likeness (QED) is 0.415. The summed E-state index contributed by atoms with van der Waals surface area (Å²) in [6.07, 6.45) is 0.393. The number of aliphatic hydroxyl groups excluding tert-OH is 2. The molecule has 0 aliphatic carbocycles. The standard InChI is InChI=1S/2C6H15NO2/c2*1-6(5-7-2)9-4-3-8/h2*6-8H,3-5H2,1-2H3. The van der Waals surface area contributed by atoms with E-state index in [-0.39, 0.29) is 25.4 Å². The van der Waals surface area contributed by atoms with Gasteiger partial charge in [0.2, 0.25) is 0 Å². The average Bonchev–Trinajstić information content (AvgIpc) is 2.35. The van der Waals surface area contributed by atoms with Gasteiger partial charge in [0.1, 0.15) is 0 Å². The highest BCUT2D eigenvalue weighted by Gasteiger charge is 1.97. The number of hydrogen-bond acceptors (Lipinski definition) is 6. The van der Waals surface area contributed by atoms with E-state index in [1.54, 1.807) is 0 Å². The summed E-state index contributed by atoms with van der Waals surface area (Å²) >= 11 is 0. The van der Waals surface area contributed by atoms with E-state index < -0.39 is 0 Å². The lowest BCUT2D eigenvalue weighted by molar-refractivity contribution is 0.0404. The first-order valence-electron chi connectivity index (χ1n) is 6.36. The Morgan fingerprint density at radius 3 is 1.39 bits per heavy atom. The summed E-state index contributed by atoms with van der Waals surface area (Å²) in [7, 11) is 3.75. The smallest absolute Gasteiger partial charge is 0.0701 e. The molecule has 0 amide bonds. The van der Waals surface area contributed by atoms with E-state index in [2.05, 4.69) is 10.6 Å². The van der Waals surface area contributed by atoms with Crippen molar-refractivity contribution in [3.8, 4) is 0 Å². The lowest BCUT2D eigenvalue weighted by Crippen LogP contribution is -2.24. The maximum absolute atomic E-state index is 8.34. The predicted octanol–water partition coefficient (Wildman–Crippen LogP) is -0.794. The third-order valence-electron chi connectivity index (χ3n) is 1.97. The van der Waals surface area contributed by atoms with Crippen molar-refractivity contribution in [2.24, 2.45) is 0 Å². The van der Waals surface area contributed by atoms with Crippen molar-refractivity contribution in [2.45, 2.75) is 26.1 Å². The summed E-state index contributed by atoms with van der Waals surface area (Å²) in [6, 6.07) is 0. The molecular formula is C12H30N2O4. The third kappa shape index (κ3) is 18.1. The summed E-state index contributed by atoms with van der Waals surface area (Å²) in [5.74, 6) is 0. The molecule has 0 aliphatic rings. The molecule has 18 heavy (non-hydrogen) atoms. The molecular weight excluding hydrogens is 236 g/mol. The second-order valence-corrected chi connectivity index (χ2v) is 3.93. The van der Waals surface area contributed by atoms with Crippen LogP contribution in [0.5, 0.6) is 0 Å². The fourth-order valence-electron chi connectivity index (χ4n) is 1.20. The largest absolute Gasteiger partial charge is 0.394 e. The highest BCUT2D eigenvalue weighted by atomic mass is 16.5. The van der Waals surface area contributed by atoms with Gasteiger partial charge in [-0.05, 0) is 27.9 Å². The topological polar surface area (TPSA) is 83.0 Å². The molecule has 0 saturated carbocycles. The Labute approximate surface area is 111 Å². The maximum Gasteiger partial charge on any atom is 0.0701 e. The number of hydrogen-bond donors (Lipinski definition) is 4. The van der Waals surface area contributed by atoms with Gasteiger partial charge in [-0.1, -0.05) is 0 Å². The van der Waals surface area contributed by atoms with E-state index in [4.69, 9.17) is 19.7 Å². The lowest BCUT2D eigenvalue weighted by Gasteiger charge is -2.10. The molecule has 0 rings (SSSR count). The minimum Gasteiger partial charge on any atom is -0.394 e. The van der Waals surface area contributed by atoms with Crippen molar-refractivity contribution in [2.75, 3.05) is 53.6 Å². The van der Waals surface area contributed by atoms with E-state index >= 15 is 0 Å². The highest BCUT2D eigenvalue weighted by Crippen LogP contribution is 1.86. The van der Waals surface area contributed by atoms with Crippen molar-refractivity contribution in [3.05, 3.63) is 0 Å². The SMILES string of the molecule is CNCC(C)OCCO.CNCC(C)OCCO. The van der Waals surface area contributed by atoms with Crippen molar-refractivity contribution < 1.29 is 19.7 Å². The average molecular weight is 266 g/mol. The van der Waals surface area contributed by atoms with Gasteiger partial charge in [0.25, 0.3) is 0 Å². The van der Waals surface area contributed by atoms with E-state index in [1.807, 2.05) is 27.9 Å². The molecule has 0 bridgehead atoms. The van der Waals surface area contributed by atoms with Crippen molar-refractivity contribution in [1.82, 2.24) is 10.6 Å². The zero-order valence-corrected chi connectivity index (χ0v) is 12.1. The Morgan fingerprint density at radius 1 is 0.833 bits per heavy atom. The first-order valence-corrected chi connectivity index (χ1v) is 6.36. The summed E-state index contributed by atoms with van der Waals surface area (Å²) in [5.41, 5.74) is 0. The molecule has 0 aromatic carbocycles. The lowest BCUT2D eigenvalue weighted by atomic mass is 10.4. The van der Waals surface area contributed by atoms with Crippen molar-refractivity contribution >= 4 is 0 Å². The van der Waals surface area contributed by atoms with Gasteiger partial charge >= 0.3 is 0 Å². The Bertz CT molecular complexity index is 134. The van der Waals surface area contributed by atoms with Crippen LogP contribution in [0.4, 0.5) is 0 Å². The number of rotatable bonds is 10. The molecule has 6 heteroatoms. The minimum atomic E-state index is 0.105. The fraction of sp³-hybridized carbons (Fsp3) is 1.00. The Kier molecular flexibility index (Phi) is 18.7. The van der Waals surface area contributed by atoms with E-state index in [1.165, 1.54) is 0 Å². The molecule has 0 aliphatic heterocycles. The van der Waals surface area contributed by atoms with Gasteiger partial charge < -0.3 is 30.3 Å². The van der Waals surface area contributed by atoms with Gasteiger partial charge in [0, 0.05) is 13.1 Å². The van der Waals surface area contributed by atoms with Crippen LogP contribution in [0.15, 0.2) is 0 Å². The molecule has 0 spiro atoms. The second-order valence-electron chi connectivity index (χ2n) is 3.93. The number of likely N-dealkylation sites (N-methyl/N-ethyl adjacent to an activating group) is 2. The summed E-state index contributed by atoms with van der Waals surface area (Å²) in [4.78, 5) is 0. The van der Waals surface area contributed by atoms with Crippen LogP contribution >= 0.6 is 0 Å². The van der Waals surface area contributed by atoms with E-state index in [0.717, 1.165) is 13.1 Å². The monoisotopic (exact) mass is 266 g/mol. The van der Waals surface area contributed by atoms with Gasteiger partial charge in [0.15, 0.2) is 0 Å². The van der Waals surface area contributed by atoms with Gasteiger partial charge in [-0.3, -0.25) is 0 Å². The molecule has 0 aromatic rings. The molecule has 112 valence electrons. The molecule has 0 radical (unpaired) electrons. The van der Waals surface area contributed by atoms with Crippen LogP contribution < -0.4 is 10.6 Å². The van der Waals surface area contributed by atoms with Gasteiger partial charge in [-0.15, -0.1) is 0 Å². The summed E-state index contributed by atoms with van der Waals surface area (Å²) < 4.78 is 10.2. The number of nitrogens with one attached hydrogen (secondary N) is 2. The predicted molar refractivity (Wildman–Crippen MR) is 72.9 cm³/mol. The highest BCUT2D eigenvalue weighted by molar-refractivity contribution is 4.50. The normalized spacial score (nSPS) is 13.7. The van der Waals surface area contributed by atoms with Crippen LogP contribution in [0.3, 0.4) is 0 Å². The summed E-state index contributed by atoms with van der Waals surface area (Å²) in [6.45, 7) is 6.67. The molecule has 2 unspecified atom stereocenters. The van der Waals surface area contributed by atoms with Crippen molar-refractivity contribution in [1.29, 1.82) is 0 Å². The van der Waals surface area contributed by atoms with Crippen LogP contribution in [0, 0.1) is 0 Å². The Balaban J connectivity index is 0. The van der Waals surface area contributed by atoms with Crippen LogP contribution in [0.25, 0.3) is 0 Å². The molecule has 4 N–H and O–H groups in total. The summed E-state index contributed by atoms with van der Waals surface area (Å²) in [5, 5.41) is 22.6. The third-order valence-corrected chi connectivity index (χ3v) is 1.97.